The molecule has 0 saturated carbocycles. The molecule has 1 aromatic heterocycles. The van der Waals surface area contributed by atoms with E-state index in [-0.39, 0.29) is 11.8 Å². The number of nitrogens with one attached hydrogen (secondary N) is 1. The van der Waals surface area contributed by atoms with Crippen molar-refractivity contribution in [3.63, 3.8) is 0 Å². The number of piperidine rings is 1. The molecule has 0 aliphatic carbocycles. The van der Waals surface area contributed by atoms with Gasteiger partial charge in [-0.3, -0.25) is 9.59 Å². The lowest BCUT2D eigenvalue weighted by molar-refractivity contribution is -0.127. The number of allylic oxidation sites excluding steroid dienone is 1. The highest BCUT2D eigenvalue weighted by atomic mass is 16.3. The van der Waals surface area contributed by atoms with Crippen LogP contribution in [0.25, 0.3) is 0 Å². The SMILES string of the molecule is CC(C)/C=C/C(=O)N1CCC[C@@H](CNC(=O)c2ccco2)C1. The average molecular weight is 304 g/mol. The Morgan fingerprint density at radius 3 is 3.00 bits per heavy atom. The van der Waals surface area contributed by atoms with Crippen LogP contribution in [0.2, 0.25) is 0 Å². The zero-order valence-electron chi connectivity index (χ0n) is 13.2. The second-order valence-corrected chi connectivity index (χ2v) is 6.08. The number of furan rings is 1. The highest BCUT2D eigenvalue weighted by Crippen LogP contribution is 2.16. The Bertz CT molecular complexity index is 520. The van der Waals surface area contributed by atoms with Crippen LogP contribution in [0.1, 0.15) is 37.2 Å². The first-order chi connectivity index (χ1) is 10.6. The largest absolute Gasteiger partial charge is 0.459 e. The third-order valence-electron chi connectivity index (χ3n) is 3.75. The number of carbonyl (C=O) groups is 2. The van der Waals surface area contributed by atoms with Crippen LogP contribution >= 0.6 is 0 Å². The molecule has 1 aliphatic rings. The summed E-state index contributed by atoms with van der Waals surface area (Å²) in [6.07, 6.45) is 7.06. The van der Waals surface area contributed by atoms with Crippen molar-refractivity contribution in [3.8, 4) is 0 Å². The van der Waals surface area contributed by atoms with Crippen molar-refractivity contribution in [3.05, 3.63) is 36.3 Å². The Morgan fingerprint density at radius 2 is 2.32 bits per heavy atom. The van der Waals surface area contributed by atoms with Crippen molar-refractivity contribution in [1.82, 2.24) is 10.2 Å². The Hall–Kier alpha value is -2.04. The first-order valence-corrected chi connectivity index (χ1v) is 7.85. The monoisotopic (exact) mass is 304 g/mol. The first-order valence-electron chi connectivity index (χ1n) is 7.85. The molecule has 0 unspecified atom stereocenters. The molecule has 1 aromatic rings. The fourth-order valence-electron chi connectivity index (χ4n) is 2.54. The molecule has 1 N–H and O–H groups in total. The summed E-state index contributed by atoms with van der Waals surface area (Å²) >= 11 is 0. The van der Waals surface area contributed by atoms with Crippen molar-refractivity contribution >= 4 is 11.8 Å². The van der Waals surface area contributed by atoms with Crippen LogP contribution in [-0.4, -0.2) is 36.3 Å². The molecule has 1 atom stereocenters. The summed E-state index contributed by atoms with van der Waals surface area (Å²) < 4.78 is 5.06. The lowest BCUT2D eigenvalue weighted by Gasteiger charge is -2.32. The van der Waals surface area contributed by atoms with Crippen LogP contribution in [0.5, 0.6) is 0 Å². The molecule has 22 heavy (non-hydrogen) atoms. The Kier molecular flexibility index (Phi) is 5.81. The summed E-state index contributed by atoms with van der Waals surface area (Å²) in [4.78, 5) is 25.8. The van der Waals surface area contributed by atoms with E-state index in [1.165, 1.54) is 6.26 Å². The van der Waals surface area contributed by atoms with Crippen LogP contribution in [0.3, 0.4) is 0 Å². The summed E-state index contributed by atoms with van der Waals surface area (Å²) in [6, 6.07) is 3.33. The van der Waals surface area contributed by atoms with E-state index >= 15 is 0 Å². The van der Waals surface area contributed by atoms with Crippen LogP contribution in [0.15, 0.2) is 35.0 Å². The zero-order valence-corrected chi connectivity index (χ0v) is 13.2. The number of nitrogens with zero attached hydrogens (tertiary/aromatic N) is 1. The van der Waals surface area contributed by atoms with Crippen LogP contribution in [-0.2, 0) is 4.79 Å². The zero-order chi connectivity index (χ0) is 15.9. The van der Waals surface area contributed by atoms with Gasteiger partial charge in [0.15, 0.2) is 5.76 Å². The van der Waals surface area contributed by atoms with Crippen molar-refractivity contribution in [1.29, 1.82) is 0 Å². The van der Waals surface area contributed by atoms with Gasteiger partial charge in [-0.15, -0.1) is 0 Å². The first kappa shape index (κ1) is 16.3. The maximum atomic E-state index is 12.1. The Balaban J connectivity index is 1.80. The highest BCUT2D eigenvalue weighted by molar-refractivity contribution is 5.91. The number of hydrogen-bond acceptors (Lipinski definition) is 3. The fraction of sp³-hybridized carbons (Fsp3) is 0.529. The molecule has 5 heteroatoms. The molecule has 2 heterocycles. The molecular weight excluding hydrogens is 280 g/mol. The van der Waals surface area contributed by atoms with Crippen molar-refractivity contribution < 1.29 is 14.0 Å². The molecule has 1 saturated heterocycles. The van der Waals surface area contributed by atoms with E-state index in [0.29, 0.717) is 30.7 Å². The molecule has 2 amide bonds. The third kappa shape index (κ3) is 4.76. The normalized spacial score (nSPS) is 18.9. The minimum absolute atomic E-state index is 0.0655. The Labute approximate surface area is 131 Å². The van der Waals surface area contributed by atoms with Crippen molar-refractivity contribution in [2.75, 3.05) is 19.6 Å². The van der Waals surface area contributed by atoms with Gasteiger partial charge in [0, 0.05) is 19.6 Å². The van der Waals surface area contributed by atoms with Crippen LogP contribution in [0.4, 0.5) is 0 Å². The van der Waals surface area contributed by atoms with Gasteiger partial charge in [-0.25, -0.2) is 0 Å². The van der Waals surface area contributed by atoms with Gasteiger partial charge in [-0.05, 0) is 42.9 Å². The Morgan fingerprint density at radius 1 is 1.50 bits per heavy atom. The van der Waals surface area contributed by atoms with E-state index in [0.717, 1.165) is 19.4 Å². The fourth-order valence-corrected chi connectivity index (χ4v) is 2.54. The molecule has 1 fully saturated rings. The van der Waals surface area contributed by atoms with Gasteiger partial charge in [0.2, 0.25) is 5.91 Å². The molecule has 0 spiro atoms. The van der Waals surface area contributed by atoms with Crippen molar-refractivity contribution in [2.45, 2.75) is 26.7 Å². The van der Waals surface area contributed by atoms with E-state index in [4.69, 9.17) is 4.42 Å². The van der Waals surface area contributed by atoms with Gasteiger partial charge in [-0.2, -0.15) is 0 Å². The quantitative estimate of drug-likeness (QED) is 0.850. The van der Waals surface area contributed by atoms with E-state index < -0.39 is 0 Å². The molecule has 0 aromatic carbocycles. The minimum Gasteiger partial charge on any atom is -0.459 e. The number of rotatable bonds is 5. The van der Waals surface area contributed by atoms with Gasteiger partial charge in [0.25, 0.3) is 5.91 Å². The second kappa shape index (κ2) is 7.82. The highest BCUT2D eigenvalue weighted by Gasteiger charge is 2.23. The van der Waals surface area contributed by atoms with Gasteiger partial charge < -0.3 is 14.6 Å². The molecule has 2 rings (SSSR count). The summed E-state index contributed by atoms with van der Waals surface area (Å²) in [5, 5.41) is 2.88. The smallest absolute Gasteiger partial charge is 0.286 e. The average Bonchev–Trinajstić information content (AvgIpc) is 3.05. The predicted molar refractivity (Wildman–Crippen MR) is 84.3 cm³/mol. The third-order valence-corrected chi connectivity index (χ3v) is 3.75. The molecular formula is C17H24N2O3. The maximum Gasteiger partial charge on any atom is 0.286 e. The van der Waals surface area contributed by atoms with Crippen molar-refractivity contribution in [2.24, 2.45) is 11.8 Å². The number of likely N-dealkylation sites (tertiary alicyclic amines) is 1. The number of carbonyl (C=O) groups excluding carboxylic acids is 2. The van der Waals surface area contributed by atoms with Gasteiger partial charge in [-0.1, -0.05) is 19.9 Å². The van der Waals surface area contributed by atoms with Gasteiger partial charge in [0.05, 0.1) is 6.26 Å². The molecule has 0 bridgehead atoms. The standard InChI is InChI=1S/C17H24N2O3/c1-13(2)7-8-16(20)19-9-3-5-14(12-19)11-18-17(21)15-6-4-10-22-15/h4,6-8,10,13-14H,3,5,9,11-12H2,1-2H3,(H,18,21)/b8-7+/t14-/m0/s1. The molecule has 120 valence electrons. The predicted octanol–water partition coefficient (Wildman–Crippen LogP) is 2.46. The topological polar surface area (TPSA) is 62.6 Å². The number of amides is 2. The summed E-state index contributed by atoms with van der Waals surface area (Å²) in [5.41, 5.74) is 0. The maximum absolute atomic E-state index is 12.1. The summed E-state index contributed by atoms with van der Waals surface area (Å²) in [6.45, 7) is 6.15. The second-order valence-electron chi connectivity index (χ2n) is 6.08. The van der Waals surface area contributed by atoms with Crippen LogP contribution in [0, 0.1) is 11.8 Å². The van der Waals surface area contributed by atoms with E-state index in [1.807, 2.05) is 24.8 Å². The summed E-state index contributed by atoms with van der Waals surface area (Å²) in [7, 11) is 0. The van der Waals surface area contributed by atoms with E-state index in [1.54, 1.807) is 18.2 Å². The number of hydrogen-bond donors (Lipinski definition) is 1. The van der Waals surface area contributed by atoms with Crippen LogP contribution < -0.4 is 5.32 Å². The molecule has 0 radical (unpaired) electrons. The lowest BCUT2D eigenvalue weighted by Crippen LogP contribution is -2.43. The molecule has 1 aliphatic heterocycles. The molecule has 5 nitrogen and oxygen atoms in total. The van der Waals surface area contributed by atoms with E-state index in [9.17, 15) is 9.59 Å². The van der Waals surface area contributed by atoms with Gasteiger partial charge >= 0.3 is 0 Å². The summed E-state index contributed by atoms with van der Waals surface area (Å²) in [5.74, 6) is 0.855. The lowest BCUT2D eigenvalue weighted by atomic mass is 9.97. The van der Waals surface area contributed by atoms with Gasteiger partial charge in [0.1, 0.15) is 0 Å². The van der Waals surface area contributed by atoms with E-state index in [2.05, 4.69) is 5.32 Å². The minimum atomic E-state index is -0.201.